The highest BCUT2D eigenvalue weighted by Gasteiger charge is 2.20. The standard InChI is InChI=1S/C13H17N3O3/c1-8(6-14)13(18)16(2)9-3-4-11-10(5-9)15-12(17)7-19-11/h3-5,8H,6-7,14H2,1-2H3,(H,15,17). The van der Waals surface area contributed by atoms with Crippen molar-refractivity contribution in [3.63, 3.8) is 0 Å². The molecule has 0 aromatic heterocycles. The van der Waals surface area contributed by atoms with E-state index in [1.165, 1.54) is 4.90 Å². The van der Waals surface area contributed by atoms with Gasteiger partial charge in [0.05, 0.1) is 5.69 Å². The Labute approximate surface area is 111 Å². The minimum atomic E-state index is -0.244. The van der Waals surface area contributed by atoms with Gasteiger partial charge in [-0.3, -0.25) is 9.59 Å². The maximum absolute atomic E-state index is 12.0. The van der Waals surface area contributed by atoms with E-state index in [2.05, 4.69) is 5.32 Å². The number of hydrogen-bond acceptors (Lipinski definition) is 4. The van der Waals surface area contributed by atoms with Crippen LogP contribution in [0.4, 0.5) is 11.4 Å². The molecular formula is C13H17N3O3. The maximum Gasteiger partial charge on any atom is 0.262 e. The minimum absolute atomic E-state index is 0.0192. The van der Waals surface area contributed by atoms with E-state index >= 15 is 0 Å². The third-order valence-corrected chi connectivity index (χ3v) is 3.09. The third kappa shape index (κ3) is 2.68. The third-order valence-electron chi connectivity index (χ3n) is 3.09. The van der Waals surface area contributed by atoms with Crippen molar-refractivity contribution in [3.8, 4) is 5.75 Å². The van der Waals surface area contributed by atoms with Gasteiger partial charge in [0.15, 0.2) is 6.61 Å². The normalized spacial score (nSPS) is 15.0. The molecule has 1 aliphatic heterocycles. The van der Waals surface area contributed by atoms with Gasteiger partial charge < -0.3 is 20.7 Å². The summed E-state index contributed by atoms with van der Waals surface area (Å²) >= 11 is 0. The number of fused-ring (bicyclic) bond motifs is 1. The van der Waals surface area contributed by atoms with Crippen LogP contribution in [0.1, 0.15) is 6.92 Å². The molecule has 19 heavy (non-hydrogen) atoms. The average Bonchev–Trinajstić information content (AvgIpc) is 2.43. The molecule has 0 spiro atoms. The van der Waals surface area contributed by atoms with Gasteiger partial charge in [-0.2, -0.15) is 0 Å². The second kappa shape index (κ2) is 5.27. The van der Waals surface area contributed by atoms with Gasteiger partial charge in [-0.25, -0.2) is 0 Å². The van der Waals surface area contributed by atoms with Gasteiger partial charge >= 0.3 is 0 Å². The molecule has 1 heterocycles. The number of hydrogen-bond donors (Lipinski definition) is 2. The van der Waals surface area contributed by atoms with Crippen molar-refractivity contribution in [1.29, 1.82) is 0 Å². The number of nitrogens with zero attached hydrogens (tertiary/aromatic N) is 1. The molecule has 1 aromatic rings. The number of amides is 2. The van der Waals surface area contributed by atoms with E-state index in [4.69, 9.17) is 10.5 Å². The van der Waals surface area contributed by atoms with Gasteiger partial charge in [-0.1, -0.05) is 6.92 Å². The monoisotopic (exact) mass is 263 g/mol. The summed E-state index contributed by atoms with van der Waals surface area (Å²) in [6.45, 7) is 2.10. The predicted molar refractivity (Wildman–Crippen MR) is 72.2 cm³/mol. The molecule has 1 aromatic carbocycles. The molecule has 1 aliphatic rings. The van der Waals surface area contributed by atoms with Crippen LogP contribution in [0.15, 0.2) is 18.2 Å². The van der Waals surface area contributed by atoms with Crippen LogP contribution < -0.4 is 20.7 Å². The summed E-state index contributed by atoms with van der Waals surface area (Å²) in [5.74, 6) is 0.0994. The Bertz CT molecular complexity index is 516. The molecule has 6 nitrogen and oxygen atoms in total. The lowest BCUT2D eigenvalue weighted by molar-refractivity contribution is -0.121. The van der Waals surface area contributed by atoms with Gasteiger partial charge in [0, 0.05) is 25.2 Å². The lowest BCUT2D eigenvalue weighted by Gasteiger charge is -2.24. The molecular weight excluding hydrogens is 246 g/mol. The quantitative estimate of drug-likeness (QED) is 0.835. The zero-order chi connectivity index (χ0) is 14.0. The Morgan fingerprint density at radius 3 is 3.00 bits per heavy atom. The number of benzene rings is 1. The first-order valence-electron chi connectivity index (χ1n) is 6.07. The summed E-state index contributed by atoms with van der Waals surface area (Å²) in [6.07, 6.45) is 0. The molecule has 0 aliphatic carbocycles. The highest BCUT2D eigenvalue weighted by Crippen LogP contribution is 2.31. The van der Waals surface area contributed by atoms with E-state index in [-0.39, 0.29) is 24.3 Å². The fourth-order valence-corrected chi connectivity index (χ4v) is 1.84. The largest absolute Gasteiger partial charge is 0.482 e. The van der Waals surface area contributed by atoms with Gasteiger partial charge in [-0.15, -0.1) is 0 Å². The van der Waals surface area contributed by atoms with Crippen LogP contribution >= 0.6 is 0 Å². The molecule has 1 atom stereocenters. The van der Waals surface area contributed by atoms with Crippen molar-refractivity contribution in [2.24, 2.45) is 11.7 Å². The van der Waals surface area contributed by atoms with Gasteiger partial charge in [0.1, 0.15) is 5.75 Å². The molecule has 2 amide bonds. The molecule has 6 heteroatoms. The summed E-state index contributed by atoms with van der Waals surface area (Å²) < 4.78 is 5.26. The first kappa shape index (κ1) is 13.4. The van der Waals surface area contributed by atoms with Crippen LogP contribution in [0, 0.1) is 5.92 Å². The van der Waals surface area contributed by atoms with Crippen molar-refractivity contribution >= 4 is 23.2 Å². The first-order chi connectivity index (χ1) is 9.02. The summed E-state index contributed by atoms with van der Waals surface area (Å²) in [7, 11) is 1.68. The van der Waals surface area contributed by atoms with Gasteiger partial charge in [-0.05, 0) is 18.2 Å². The topological polar surface area (TPSA) is 84.7 Å². The second-order valence-electron chi connectivity index (χ2n) is 4.55. The summed E-state index contributed by atoms with van der Waals surface area (Å²) in [4.78, 5) is 24.8. The van der Waals surface area contributed by atoms with Crippen molar-refractivity contribution < 1.29 is 14.3 Å². The van der Waals surface area contributed by atoms with E-state index in [1.807, 2.05) is 0 Å². The Morgan fingerprint density at radius 2 is 2.32 bits per heavy atom. The molecule has 0 fully saturated rings. The van der Waals surface area contributed by atoms with Gasteiger partial charge in [0.2, 0.25) is 5.91 Å². The number of ether oxygens (including phenoxy) is 1. The van der Waals surface area contributed by atoms with Gasteiger partial charge in [0.25, 0.3) is 5.91 Å². The average molecular weight is 263 g/mol. The highest BCUT2D eigenvalue weighted by atomic mass is 16.5. The van der Waals surface area contributed by atoms with Crippen molar-refractivity contribution in [1.82, 2.24) is 0 Å². The summed E-state index contributed by atoms with van der Waals surface area (Å²) in [5.41, 5.74) is 6.76. The van der Waals surface area contributed by atoms with Crippen LogP contribution in [0.3, 0.4) is 0 Å². The van der Waals surface area contributed by atoms with Crippen LogP contribution in [0.2, 0.25) is 0 Å². The Hall–Kier alpha value is -2.08. The number of carbonyl (C=O) groups excluding carboxylic acids is 2. The van der Waals surface area contributed by atoms with Crippen molar-refractivity contribution in [2.75, 3.05) is 30.4 Å². The minimum Gasteiger partial charge on any atom is -0.482 e. The Balaban J connectivity index is 2.24. The molecule has 0 saturated carbocycles. The SMILES string of the molecule is CC(CN)C(=O)N(C)c1ccc2c(c1)NC(=O)CO2. The fraction of sp³-hybridized carbons (Fsp3) is 0.385. The Morgan fingerprint density at radius 1 is 1.58 bits per heavy atom. The summed E-state index contributed by atoms with van der Waals surface area (Å²) in [5, 5.41) is 2.71. The van der Waals surface area contributed by atoms with E-state index in [0.29, 0.717) is 23.7 Å². The fourth-order valence-electron chi connectivity index (χ4n) is 1.84. The van der Waals surface area contributed by atoms with E-state index < -0.39 is 0 Å². The van der Waals surface area contributed by atoms with E-state index in [1.54, 1.807) is 32.2 Å². The Kier molecular flexibility index (Phi) is 3.71. The molecule has 2 rings (SSSR count). The predicted octanol–water partition coefficient (Wildman–Crippen LogP) is 0.575. The molecule has 1 unspecified atom stereocenters. The molecule has 3 N–H and O–H groups in total. The number of nitrogens with one attached hydrogen (secondary N) is 1. The maximum atomic E-state index is 12.0. The van der Waals surface area contributed by atoms with E-state index in [9.17, 15) is 9.59 Å². The zero-order valence-electron chi connectivity index (χ0n) is 11.0. The smallest absolute Gasteiger partial charge is 0.262 e. The zero-order valence-corrected chi connectivity index (χ0v) is 11.0. The lowest BCUT2D eigenvalue weighted by atomic mass is 10.1. The van der Waals surface area contributed by atoms with Crippen LogP contribution in [-0.2, 0) is 9.59 Å². The van der Waals surface area contributed by atoms with Crippen molar-refractivity contribution in [2.45, 2.75) is 6.92 Å². The summed E-state index contributed by atoms with van der Waals surface area (Å²) in [6, 6.07) is 5.23. The van der Waals surface area contributed by atoms with Crippen LogP contribution in [-0.4, -0.2) is 32.0 Å². The number of carbonyl (C=O) groups is 2. The number of nitrogens with two attached hydrogens (primary N) is 1. The number of anilines is 2. The molecule has 0 radical (unpaired) electrons. The van der Waals surface area contributed by atoms with Crippen LogP contribution in [0.5, 0.6) is 5.75 Å². The lowest BCUT2D eigenvalue weighted by Crippen LogP contribution is -2.35. The molecule has 0 saturated heterocycles. The molecule has 102 valence electrons. The molecule has 0 bridgehead atoms. The van der Waals surface area contributed by atoms with E-state index in [0.717, 1.165) is 0 Å². The van der Waals surface area contributed by atoms with Crippen molar-refractivity contribution in [3.05, 3.63) is 18.2 Å². The number of rotatable bonds is 3. The second-order valence-corrected chi connectivity index (χ2v) is 4.55. The van der Waals surface area contributed by atoms with Crippen LogP contribution in [0.25, 0.3) is 0 Å². The first-order valence-corrected chi connectivity index (χ1v) is 6.07. The highest BCUT2D eigenvalue weighted by molar-refractivity contribution is 5.98.